The summed E-state index contributed by atoms with van der Waals surface area (Å²) in [5.74, 6) is 0. The lowest BCUT2D eigenvalue weighted by molar-refractivity contribution is 1.38. The molecule has 1 rings (SSSR count). The van der Waals surface area contributed by atoms with Crippen molar-refractivity contribution in [1.82, 2.24) is 0 Å². The summed E-state index contributed by atoms with van der Waals surface area (Å²) in [5, 5.41) is 6.72. The lowest BCUT2D eigenvalue weighted by Crippen LogP contribution is -1.91. The Labute approximate surface area is 91.9 Å². The molecule has 0 unspecified atom stereocenters. The molecule has 0 aliphatic carbocycles. The molecule has 1 aromatic carbocycles. The molecule has 0 bridgehead atoms. The molecule has 0 fully saturated rings. The number of nitrogens with zero attached hydrogens (tertiary/aromatic N) is 1. The van der Waals surface area contributed by atoms with Gasteiger partial charge in [-0.05, 0) is 25.3 Å². The molecular formula is C10H11N2S2. The van der Waals surface area contributed by atoms with Gasteiger partial charge in [-0.25, -0.2) is 5.41 Å². The fourth-order valence-electron chi connectivity index (χ4n) is 0.957. The van der Waals surface area contributed by atoms with E-state index in [9.17, 15) is 0 Å². The number of aliphatic imine (C=N–C) groups is 1. The van der Waals surface area contributed by atoms with Crippen LogP contribution >= 0.6 is 23.1 Å². The first-order valence-corrected chi connectivity index (χ1v) is 6.08. The molecule has 2 nitrogen and oxygen atoms in total. The van der Waals surface area contributed by atoms with Gasteiger partial charge in [-0.15, -0.1) is 10.9 Å². The maximum Gasteiger partial charge on any atom is 0.166 e. The second-order valence-electron chi connectivity index (χ2n) is 2.81. The van der Waals surface area contributed by atoms with Gasteiger partial charge in [-0.3, -0.25) is 0 Å². The second-order valence-corrected chi connectivity index (χ2v) is 5.34. The molecule has 0 atom stereocenters. The van der Waals surface area contributed by atoms with Crippen molar-refractivity contribution >= 4 is 33.4 Å². The second kappa shape index (κ2) is 5.05. The minimum absolute atomic E-state index is 0.204. The molecule has 0 spiro atoms. The van der Waals surface area contributed by atoms with Crippen LogP contribution in [0, 0.1) is 12.3 Å². The zero-order chi connectivity index (χ0) is 10.6. The average Bonchev–Trinajstić information content (AvgIpc) is 2.18. The van der Waals surface area contributed by atoms with E-state index in [0.29, 0.717) is 4.32 Å². The molecule has 4 heteroatoms. The van der Waals surface area contributed by atoms with Gasteiger partial charge in [0.1, 0.15) is 0 Å². The minimum Gasteiger partial charge on any atom is -0.241 e. The van der Waals surface area contributed by atoms with Crippen molar-refractivity contribution in [2.24, 2.45) is 4.99 Å². The largest absolute Gasteiger partial charge is 0.241 e. The van der Waals surface area contributed by atoms with Crippen LogP contribution in [-0.2, 0) is 0 Å². The Balaban J connectivity index is 2.89. The number of nitrogens with one attached hydrogen (secondary N) is 1. The van der Waals surface area contributed by atoms with Gasteiger partial charge in [-0.1, -0.05) is 29.9 Å². The topological polar surface area (TPSA) is 36.2 Å². The van der Waals surface area contributed by atoms with Crippen molar-refractivity contribution in [3.05, 3.63) is 29.8 Å². The van der Waals surface area contributed by atoms with Gasteiger partial charge in [0.05, 0.1) is 6.01 Å². The predicted octanol–water partition coefficient (Wildman–Crippen LogP) is 3.29. The summed E-state index contributed by atoms with van der Waals surface area (Å²) >= 11 is 5.05. The summed E-state index contributed by atoms with van der Waals surface area (Å²) in [6, 6.07) is 10.2. The normalized spacial score (nSPS) is 9.64. The Morgan fingerprint density at radius 1 is 1.43 bits per heavy atom. The van der Waals surface area contributed by atoms with Gasteiger partial charge < -0.3 is 0 Å². The summed E-state index contributed by atoms with van der Waals surface area (Å²) < 4.78 is 0.531. The maximum absolute atomic E-state index is 6.72. The summed E-state index contributed by atoms with van der Waals surface area (Å²) in [6.07, 6.45) is 2.01. The van der Waals surface area contributed by atoms with Crippen LogP contribution in [0.25, 0.3) is 0 Å². The van der Waals surface area contributed by atoms with Gasteiger partial charge in [0.15, 0.2) is 4.32 Å². The molecule has 0 saturated heterocycles. The summed E-state index contributed by atoms with van der Waals surface area (Å²) in [5.41, 5.74) is 1.23. The van der Waals surface area contributed by atoms with Crippen molar-refractivity contribution in [3.63, 3.8) is 0 Å². The van der Waals surface area contributed by atoms with Gasteiger partial charge in [0.2, 0.25) is 0 Å². The highest BCUT2D eigenvalue weighted by atomic mass is 32.2. The van der Waals surface area contributed by atoms with Crippen LogP contribution in [0.3, 0.4) is 0 Å². The third kappa shape index (κ3) is 2.77. The van der Waals surface area contributed by atoms with Crippen LogP contribution in [-0.4, -0.2) is 16.6 Å². The molecule has 73 valence electrons. The first kappa shape index (κ1) is 11.1. The van der Waals surface area contributed by atoms with Crippen molar-refractivity contribution in [3.8, 4) is 0 Å². The monoisotopic (exact) mass is 223 g/mol. The summed E-state index contributed by atoms with van der Waals surface area (Å²) in [6.45, 7) is 2.05. The van der Waals surface area contributed by atoms with E-state index >= 15 is 0 Å². The van der Waals surface area contributed by atoms with Gasteiger partial charge >= 0.3 is 0 Å². The standard InChI is InChI=1S/C10H11N2S2/c1-8-3-5-9(6-4-8)14(2)10(13)12-7-11/h3-6,11H,1-2H3. The van der Waals surface area contributed by atoms with E-state index in [1.54, 1.807) is 0 Å². The SMILES string of the molecule is Cc1ccc([S](C)C(=S)N=C=N)cc1. The third-order valence-corrected chi connectivity index (χ3v) is 4.22. The Kier molecular flexibility index (Phi) is 4.01. The Hall–Kier alpha value is -0.960. The van der Waals surface area contributed by atoms with Gasteiger partial charge in [-0.2, -0.15) is 4.99 Å². The highest BCUT2D eigenvalue weighted by molar-refractivity contribution is 8.35. The first-order chi connectivity index (χ1) is 6.65. The quantitative estimate of drug-likeness (QED) is 0.575. The molecule has 1 aromatic rings. The number of hydrogen-bond donors (Lipinski definition) is 1. The van der Waals surface area contributed by atoms with Crippen LogP contribution in [0.15, 0.2) is 34.2 Å². The molecule has 0 amide bonds. The molecule has 0 aliphatic rings. The Morgan fingerprint density at radius 3 is 2.50 bits per heavy atom. The van der Waals surface area contributed by atoms with Crippen molar-refractivity contribution in [2.75, 3.05) is 6.26 Å². The molecule has 0 aromatic heterocycles. The summed E-state index contributed by atoms with van der Waals surface area (Å²) in [4.78, 5) is 4.84. The fourth-order valence-corrected chi connectivity index (χ4v) is 2.22. The van der Waals surface area contributed by atoms with Crippen molar-refractivity contribution in [1.29, 1.82) is 5.41 Å². The van der Waals surface area contributed by atoms with E-state index in [4.69, 9.17) is 17.6 Å². The maximum atomic E-state index is 6.72. The minimum atomic E-state index is -0.204. The number of aryl methyl sites for hydroxylation is 1. The Bertz CT molecular complexity index is 378. The van der Waals surface area contributed by atoms with E-state index in [1.165, 1.54) is 5.56 Å². The number of rotatable bonds is 1. The zero-order valence-corrected chi connectivity index (χ0v) is 9.71. The molecular weight excluding hydrogens is 212 g/mol. The number of hydrogen-bond acceptors (Lipinski definition) is 2. The lowest BCUT2D eigenvalue weighted by atomic mass is 10.2. The molecule has 1 N–H and O–H groups in total. The van der Waals surface area contributed by atoms with Crippen LogP contribution in [0.4, 0.5) is 0 Å². The molecule has 0 heterocycles. The smallest absolute Gasteiger partial charge is 0.166 e. The molecule has 0 aliphatic heterocycles. The van der Waals surface area contributed by atoms with Gasteiger partial charge in [0, 0.05) is 4.90 Å². The van der Waals surface area contributed by atoms with E-state index < -0.39 is 0 Å². The zero-order valence-electron chi connectivity index (χ0n) is 8.07. The van der Waals surface area contributed by atoms with E-state index in [0.717, 1.165) is 4.90 Å². The number of thiocarbonyl (C=S) groups is 1. The van der Waals surface area contributed by atoms with E-state index in [2.05, 4.69) is 17.1 Å². The predicted molar refractivity (Wildman–Crippen MR) is 65.7 cm³/mol. The average molecular weight is 223 g/mol. The number of benzene rings is 1. The highest BCUT2D eigenvalue weighted by Gasteiger charge is 2.07. The molecule has 1 radical (unpaired) electrons. The fraction of sp³-hybridized carbons (Fsp3) is 0.200. The van der Waals surface area contributed by atoms with Crippen LogP contribution < -0.4 is 0 Å². The molecule has 14 heavy (non-hydrogen) atoms. The van der Waals surface area contributed by atoms with Crippen molar-refractivity contribution in [2.45, 2.75) is 11.8 Å². The van der Waals surface area contributed by atoms with E-state index in [-0.39, 0.29) is 10.9 Å². The van der Waals surface area contributed by atoms with Crippen LogP contribution in [0.2, 0.25) is 0 Å². The lowest BCUT2D eigenvalue weighted by Gasteiger charge is -2.11. The Morgan fingerprint density at radius 2 is 2.00 bits per heavy atom. The van der Waals surface area contributed by atoms with Crippen molar-refractivity contribution < 1.29 is 0 Å². The van der Waals surface area contributed by atoms with E-state index in [1.807, 2.05) is 31.3 Å². The summed E-state index contributed by atoms with van der Waals surface area (Å²) in [7, 11) is -0.204. The first-order valence-electron chi connectivity index (χ1n) is 4.04. The van der Waals surface area contributed by atoms with Crippen LogP contribution in [0.5, 0.6) is 0 Å². The van der Waals surface area contributed by atoms with Gasteiger partial charge in [0.25, 0.3) is 0 Å². The van der Waals surface area contributed by atoms with Crippen LogP contribution in [0.1, 0.15) is 5.56 Å². The third-order valence-electron chi connectivity index (χ3n) is 1.78. The molecule has 0 saturated carbocycles. The highest BCUT2D eigenvalue weighted by Crippen LogP contribution is 2.34.